The van der Waals surface area contributed by atoms with E-state index in [9.17, 15) is 26.4 Å². The molecule has 0 atom stereocenters. The number of carbonyl (C=O) groups is 1. The summed E-state index contributed by atoms with van der Waals surface area (Å²) in [5.74, 6) is 0.328. The molecule has 0 spiro atoms. The van der Waals surface area contributed by atoms with Crippen molar-refractivity contribution in [2.45, 2.75) is 28.8 Å². The van der Waals surface area contributed by atoms with Crippen molar-refractivity contribution in [3.63, 3.8) is 0 Å². The van der Waals surface area contributed by atoms with Gasteiger partial charge < -0.3 is 0 Å². The van der Waals surface area contributed by atoms with E-state index in [0.717, 1.165) is 12.1 Å². The lowest BCUT2D eigenvalue weighted by atomic mass is 10.0. The van der Waals surface area contributed by atoms with Crippen LogP contribution in [0.25, 0.3) is 5.78 Å². The number of imidazole rings is 1. The molecule has 0 saturated heterocycles. The third kappa shape index (κ3) is 4.76. The molecule has 0 radical (unpaired) electrons. The zero-order valence-electron chi connectivity index (χ0n) is 16.8. The molecular weight excluding hydrogens is 479 g/mol. The SMILES string of the molecule is O=C(CCc1ccc(S(=O)(=O)c2cc(C(F)(F)F)ccc2Cl)cc1)c1cnc2nccn2c1. The van der Waals surface area contributed by atoms with E-state index in [1.807, 2.05) is 0 Å². The van der Waals surface area contributed by atoms with Crippen LogP contribution in [0.2, 0.25) is 5.02 Å². The molecule has 2 heterocycles. The van der Waals surface area contributed by atoms with Crippen LogP contribution in [0.5, 0.6) is 0 Å². The van der Waals surface area contributed by atoms with E-state index in [4.69, 9.17) is 11.6 Å². The van der Waals surface area contributed by atoms with Gasteiger partial charge in [0, 0.05) is 31.2 Å². The second kappa shape index (κ2) is 8.60. The number of sulfone groups is 1. The molecule has 2 aromatic carbocycles. The second-order valence-corrected chi connectivity index (χ2v) is 9.52. The fraction of sp³-hybridized carbons (Fsp3) is 0.136. The maximum Gasteiger partial charge on any atom is 0.416 e. The van der Waals surface area contributed by atoms with Crippen LogP contribution in [0.15, 0.2) is 77.0 Å². The largest absolute Gasteiger partial charge is 0.416 e. The predicted molar refractivity (Wildman–Crippen MR) is 114 cm³/mol. The molecule has 2 aromatic heterocycles. The van der Waals surface area contributed by atoms with Gasteiger partial charge in [-0.25, -0.2) is 18.4 Å². The number of aryl methyl sites for hydroxylation is 1. The van der Waals surface area contributed by atoms with E-state index in [1.54, 1.807) is 23.0 Å². The molecule has 0 amide bonds. The average Bonchev–Trinajstić information content (AvgIpc) is 3.25. The van der Waals surface area contributed by atoms with Gasteiger partial charge in [-0.1, -0.05) is 23.7 Å². The number of hydrogen-bond donors (Lipinski definition) is 0. The molecule has 11 heteroatoms. The molecule has 0 aliphatic carbocycles. The number of alkyl halides is 3. The maximum absolute atomic E-state index is 13.0. The van der Waals surface area contributed by atoms with Gasteiger partial charge in [-0.3, -0.25) is 9.20 Å². The van der Waals surface area contributed by atoms with Gasteiger partial charge in [0.25, 0.3) is 0 Å². The van der Waals surface area contributed by atoms with Gasteiger partial charge in [0.2, 0.25) is 15.6 Å². The topological polar surface area (TPSA) is 81.4 Å². The molecular formula is C22H15ClF3N3O3S. The Hall–Kier alpha value is -3.24. The highest BCUT2D eigenvalue weighted by Crippen LogP contribution is 2.35. The summed E-state index contributed by atoms with van der Waals surface area (Å²) < 4.78 is 66.4. The summed E-state index contributed by atoms with van der Waals surface area (Å²) in [5, 5.41) is -0.304. The first kappa shape index (κ1) is 22.9. The number of nitrogens with zero attached hydrogens (tertiary/aromatic N) is 3. The zero-order valence-corrected chi connectivity index (χ0v) is 18.3. The van der Waals surface area contributed by atoms with Crippen LogP contribution in [0.3, 0.4) is 0 Å². The third-order valence-electron chi connectivity index (χ3n) is 4.99. The Bertz CT molecular complexity index is 1450. The molecule has 4 rings (SSSR count). The van der Waals surface area contributed by atoms with Crippen LogP contribution in [-0.4, -0.2) is 28.6 Å². The standard InChI is InChI=1S/C22H15ClF3N3O3S/c23-18-7-4-16(22(24,25)26)11-20(18)33(31,32)17-5-1-14(2-6-17)3-8-19(30)15-12-28-21-27-9-10-29(21)13-15/h1-2,4-7,9-13H,3,8H2. The fourth-order valence-corrected chi connectivity index (χ4v) is 4.99. The van der Waals surface area contributed by atoms with E-state index in [2.05, 4.69) is 9.97 Å². The number of fused-ring (bicyclic) bond motifs is 1. The molecule has 0 saturated carbocycles. The van der Waals surface area contributed by atoms with Gasteiger partial charge in [0.05, 0.1) is 25.9 Å². The van der Waals surface area contributed by atoms with Gasteiger partial charge >= 0.3 is 6.18 Å². The Balaban J connectivity index is 1.50. The maximum atomic E-state index is 13.0. The van der Waals surface area contributed by atoms with Crippen LogP contribution in [0, 0.1) is 0 Å². The molecule has 170 valence electrons. The summed E-state index contributed by atoms with van der Waals surface area (Å²) in [6, 6.07) is 7.75. The number of aromatic nitrogens is 3. The number of rotatable bonds is 6. The van der Waals surface area contributed by atoms with Crippen molar-refractivity contribution in [1.29, 1.82) is 0 Å². The molecule has 4 aromatic rings. The summed E-state index contributed by atoms with van der Waals surface area (Å²) in [7, 11) is -4.27. The average molecular weight is 494 g/mol. The van der Waals surface area contributed by atoms with Crippen molar-refractivity contribution in [3.05, 3.63) is 89.0 Å². The second-order valence-electron chi connectivity index (χ2n) is 7.19. The Morgan fingerprint density at radius 3 is 2.48 bits per heavy atom. The van der Waals surface area contributed by atoms with Crippen LogP contribution in [-0.2, 0) is 22.4 Å². The number of hydrogen-bond acceptors (Lipinski definition) is 5. The van der Waals surface area contributed by atoms with E-state index in [-0.39, 0.29) is 22.1 Å². The highest BCUT2D eigenvalue weighted by atomic mass is 35.5. The lowest BCUT2D eigenvalue weighted by Crippen LogP contribution is -2.09. The predicted octanol–water partition coefficient (Wildman–Crippen LogP) is 5.05. The Kier molecular flexibility index (Phi) is 5.98. The third-order valence-corrected chi connectivity index (χ3v) is 7.24. The highest BCUT2D eigenvalue weighted by molar-refractivity contribution is 7.91. The molecule has 0 aliphatic heterocycles. The number of Topliss-reactive ketones (excluding diaryl/α,β-unsaturated/α-hetero) is 1. The van der Waals surface area contributed by atoms with Crippen molar-refractivity contribution in [1.82, 2.24) is 14.4 Å². The highest BCUT2D eigenvalue weighted by Gasteiger charge is 2.33. The smallest absolute Gasteiger partial charge is 0.294 e. The van der Waals surface area contributed by atoms with Crippen LogP contribution < -0.4 is 0 Å². The minimum absolute atomic E-state index is 0.148. The van der Waals surface area contributed by atoms with Crippen LogP contribution in [0.4, 0.5) is 13.2 Å². The summed E-state index contributed by atoms with van der Waals surface area (Å²) in [5.41, 5.74) is -0.00280. The molecule has 6 nitrogen and oxygen atoms in total. The van der Waals surface area contributed by atoms with Gasteiger partial charge in [0.1, 0.15) is 0 Å². The molecule has 0 aliphatic rings. The van der Waals surface area contributed by atoms with Gasteiger partial charge in [-0.15, -0.1) is 0 Å². The van der Waals surface area contributed by atoms with E-state index >= 15 is 0 Å². The monoisotopic (exact) mass is 493 g/mol. The fourth-order valence-electron chi connectivity index (χ4n) is 3.21. The Morgan fingerprint density at radius 1 is 1.06 bits per heavy atom. The first-order valence-electron chi connectivity index (χ1n) is 9.58. The van der Waals surface area contributed by atoms with Crippen molar-refractivity contribution >= 4 is 33.0 Å². The van der Waals surface area contributed by atoms with Gasteiger partial charge in [0.15, 0.2) is 5.78 Å². The summed E-state index contributed by atoms with van der Waals surface area (Å²) in [6.45, 7) is 0. The van der Waals surface area contributed by atoms with Crippen molar-refractivity contribution in [2.75, 3.05) is 0 Å². The molecule has 0 fully saturated rings. The van der Waals surface area contributed by atoms with Crippen molar-refractivity contribution in [3.8, 4) is 0 Å². The Morgan fingerprint density at radius 2 is 1.79 bits per heavy atom. The molecule has 33 heavy (non-hydrogen) atoms. The lowest BCUT2D eigenvalue weighted by Gasteiger charge is -2.11. The number of halogens is 4. The minimum atomic E-state index is -4.71. The Labute approximate surface area is 191 Å². The first-order chi connectivity index (χ1) is 15.6. The van der Waals surface area contributed by atoms with Gasteiger partial charge in [-0.05, 0) is 42.3 Å². The molecule has 0 N–H and O–H groups in total. The van der Waals surface area contributed by atoms with Crippen molar-refractivity contribution in [2.24, 2.45) is 0 Å². The number of carbonyl (C=O) groups excluding carboxylic acids is 1. The molecule has 0 bridgehead atoms. The normalized spacial score (nSPS) is 12.2. The van der Waals surface area contributed by atoms with Crippen LogP contribution in [0.1, 0.15) is 27.9 Å². The molecule has 0 unspecified atom stereocenters. The summed E-state index contributed by atoms with van der Waals surface area (Å²) in [4.78, 5) is 19.8. The first-order valence-corrected chi connectivity index (χ1v) is 11.4. The van der Waals surface area contributed by atoms with Crippen molar-refractivity contribution < 1.29 is 26.4 Å². The summed E-state index contributed by atoms with van der Waals surface area (Å²) in [6.07, 6.45) is 2.11. The van der Waals surface area contributed by atoms with E-state index in [1.165, 1.54) is 30.5 Å². The number of benzene rings is 2. The minimum Gasteiger partial charge on any atom is -0.294 e. The van der Waals surface area contributed by atoms with Gasteiger partial charge in [-0.2, -0.15) is 13.2 Å². The van der Waals surface area contributed by atoms with E-state index < -0.39 is 26.5 Å². The van der Waals surface area contributed by atoms with Crippen LogP contribution >= 0.6 is 11.6 Å². The lowest BCUT2D eigenvalue weighted by molar-refractivity contribution is -0.137. The number of ketones is 1. The zero-order chi connectivity index (χ0) is 23.8. The summed E-state index contributed by atoms with van der Waals surface area (Å²) >= 11 is 5.89. The van der Waals surface area contributed by atoms with E-state index in [0.29, 0.717) is 29.4 Å². The quantitative estimate of drug-likeness (QED) is 0.351.